The molecule has 0 amide bonds. The van der Waals surface area contributed by atoms with E-state index in [1.165, 1.54) is 0 Å². The molecule has 0 aliphatic carbocycles. The van der Waals surface area contributed by atoms with Gasteiger partial charge in [-0.1, -0.05) is 0 Å². The van der Waals surface area contributed by atoms with Gasteiger partial charge < -0.3 is 10.6 Å². The van der Waals surface area contributed by atoms with E-state index in [0.29, 0.717) is 35.6 Å². The van der Waals surface area contributed by atoms with Gasteiger partial charge in [0.1, 0.15) is 5.52 Å². The maximum Gasteiger partial charge on any atom is 0.260 e. The molecule has 0 saturated carbocycles. The van der Waals surface area contributed by atoms with E-state index in [2.05, 4.69) is 30.7 Å². The van der Waals surface area contributed by atoms with Crippen LogP contribution in [-0.2, 0) is 7.05 Å². The lowest BCUT2D eigenvalue weighted by Gasteiger charge is -2.30. The van der Waals surface area contributed by atoms with Gasteiger partial charge in [0.25, 0.3) is 5.92 Å². The van der Waals surface area contributed by atoms with Gasteiger partial charge in [0, 0.05) is 50.7 Å². The summed E-state index contributed by atoms with van der Waals surface area (Å²) in [7, 11) is 1.83. The predicted octanol–water partition coefficient (Wildman–Crippen LogP) is 2.08. The van der Waals surface area contributed by atoms with Crippen molar-refractivity contribution in [3.05, 3.63) is 30.9 Å². The van der Waals surface area contributed by atoms with Gasteiger partial charge in [-0.05, 0) is 12.0 Å². The van der Waals surface area contributed by atoms with Crippen molar-refractivity contribution in [1.29, 1.82) is 0 Å². The van der Waals surface area contributed by atoms with E-state index in [-0.39, 0.29) is 18.9 Å². The summed E-state index contributed by atoms with van der Waals surface area (Å²) in [4.78, 5) is 13.3. The molecule has 0 bridgehead atoms. The fourth-order valence-electron chi connectivity index (χ4n) is 3.21. The van der Waals surface area contributed by atoms with Crippen molar-refractivity contribution in [2.45, 2.75) is 12.3 Å². The van der Waals surface area contributed by atoms with Crippen LogP contribution < -0.4 is 10.6 Å². The molecule has 4 rings (SSSR count). The van der Waals surface area contributed by atoms with Crippen LogP contribution >= 0.6 is 0 Å². The number of fused-ring (bicyclic) bond motifs is 1. The lowest BCUT2D eigenvalue weighted by Crippen LogP contribution is -2.45. The van der Waals surface area contributed by atoms with Crippen LogP contribution in [0.5, 0.6) is 0 Å². The molecule has 1 fully saturated rings. The Hall–Kier alpha value is -2.68. The fraction of sp³-hybridized carbons (Fsp3) is 0.412. The lowest BCUT2D eigenvalue weighted by atomic mass is 9.97. The largest absolute Gasteiger partial charge is 0.368 e. The Morgan fingerprint density at radius 1 is 1.35 bits per heavy atom. The topological polar surface area (TPSA) is 80.5 Å². The molecule has 7 nitrogen and oxygen atoms in total. The average Bonchev–Trinajstić information content (AvgIpc) is 3.05. The van der Waals surface area contributed by atoms with Crippen molar-refractivity contribution in [1.82, 2.24) is 30.0 Å². The van der Waals surface area contributed by atoms with Crippen molar-refractivity contribution in [2.24, 2.45) is 13.0 Å². The number of alkyl halides is 2. The van der Waals surface area contributed by atoms with Crippen LogP contribution in [0.25, 0.3) is 22.3 Å². The quantitative estimate of drug-likeness (QED) is 0.742. The van der Waals surface area contributed by atoms with Crippen LogP contribution in [-0.4, -0.2) is 50.3 Å². The average molecular weight is 359 g/mol. The molecule has 4 heterocycles. The molecule has 9 heteroatoms. The zero-order chi connectivity index (χ0) is 18.1. The van der Waals surface area contributed by atoms with Crippen LogP contribution in [0.15, 0.2) is 30.9 Å². The van der Waals surface area contributed by atoms with Crippen LogP contribution in [0.3, 0.4) is 0 Å². The minimum Gasteiger partial charge on any atom is -0.368 e. The summed E-state index contributed by atoms with van der Waals surface area (Å²) in [6, 6.07) is 1.85. The highest BCUT2D eigenvalue weighted by molar-refractivity contribution is 5.88. The summed E-state index contributed by atoms with van der Waals surface area (Å²) in [5.41, 5.74) is 2.88. The number of aryl methyl sites for hydroxylation is 1. The van der Waals surface area contributed by atoms with E-state index in [4.69, 9.17) is 0 Å². The summed E-state index contributed by atoms with van der Waals surface area (Å²) in [5, 5.41) is 10.2. The third-order valence-electron chi connectivity index (χ3n) is 4.42. The van der Waals surface area contributed by atoms with Gasteiger partial charge in [-0.15, -0.1) is 0 Å². The summed E-state index contributed by atoms with van der Waals surface area (Å²) < 4.78 is 28.9. The van der Waals surface area contributed by atoms with Gasteiger partial charge in [-0.3, -0.25) is 9.67 Å². The first-order chi connectivity index (χ1) is 12.5. The van der Waals surface area contributed by atoms with Crippen molar-refractivity contribution in [2.75, 3.05) is 25.0 Å². The fourth-order valence-corrected chi connectivity index (χ4v) is 3.21. The molecule has 3 aromatic rings. The number of anilines is 1. The lowest BCUT2D eigenvalue weighted by molar-refractivity contribution is -0.0370. The Morgan fingerprint density at radius 2 is 2.19 bits per heavy atom. The van der Waals surface area contributed by atoms with Crippen molar-refractivity contribution in [3.63, 3.8) is 0 Å². The number of nitrogens with one attached hydrogen (secondary N) is 2. The molecule has 0 spiro atoms. The van der Waals surface area contributed by atoms with E-state index in [9.17, 15) is 8.78 Å². The monoisotopic (exact) mass is 359 g/mol. The molecule has 1 aliphatic heterocycles. The Morgan fingerprint density at radius 3 is 2.96 bits per heavy atom. The Kier molecular flexibility index (Phi) is 4.23. The minimum absolute atomic E-state index is 0.140. The van der Waals surface area contributed by atoms with Crippen LogP contribution in [0.4, 0.5) is 14.6 Å². The SMILES string of the molecule is Cn1cc(-c2cc3nccnc3c(NCC3CNCC(F)(F)C3)n2)cn1. The maximum atomic E-state index is 13.6. The van der Waals surface area contributed by atoms with Crippen LogP contribution in [0.2, 0.25) is 0 Å². The van der Waals surface area contributed by atoms with Crippen LogP contribution in [0.1, 0.15) is 6.42 Å². The van der Waals surface area contributed by atoms with Gasteiger partial charge in [-0.25, -0.2) is 18.7 Å². The second-order valence-electron chi connectivity index (χ2n) is 6.62. The standard InChI is InChI=1S/C17H19F2N7/c1-26-9-12(8-24-26)13-4-14-15(22-3-2-21-14)16(25-13)23-7-11-5-17(18,19)10-20-6-11/h2-4,8-9,11,20H,5-7,10H2,1H3,(H,23,25). The van der Waals surface area contributed by atoms with E-state index < -0.39 is 5.92 Å². The van der Waals surface area contributed by atoms with Crippen molar-refractivity contribution < 1.29 is 8.78 Å². The molecule has 1 saturated heterocycles. The molecular formula is C17H19F2N7. The molecule has 1 unspecified atom stereocenters. The van der Waals surface area contributed by atoms with E-state index in [1.807, 2.05) is 19.3 Å². The molecule has 2 N–H and O–H groups in total. The van der Waals surface area contributed by atoms with Crippen molar-refractivity contribution in [3.8, 4) is 11.3 Å². The minimum atomic E-state index is -2.67. The second-order valence-corrected chi connectivity index (χ2v) is 6.62. The number of halogens is 2. The zero-order valence-electron chi connectivity index (χ0n) is 14.3. The third-order valence-corrected chi connectivity index (χ3v) is 4.42. The highest BCUT2D eigenvalue weighted by Crippen LogP contribution is 2.28. The summed E-state index contributed by atoms with van der Waals surface area (Å²) in [6.07, 6.45) is 6.65. The number of pyridine rings is 1. The van der Waals surface area contributed by atoms with Crippen molar-refractivity contribution >= 4 is 16.9 Å². The second kappa shape index (κ2) is 6.56. The Bertz CT molecular complexity index is 924. The van der Waals surface area contributed by atoms with Gasteiger partial charge in [0.05, 0.1) is 24.0 Å². The van der Waals surface area contributed by atoms with E-state index in [1.54, 1.807) is 23.3 Å². The first kappa shape index (κ1) is 16.8. The maximum absolute atomic E-state index is 13.6. The number of nitrogens with zero attached hydrogens (tertiary/aromatic N) is 5. The molecule has 0 aromatic carbocycles. The third kappa shape index (κ3) is 3.48. The Balaban J connectivity index is 1.63. The van der Waals surface area contributed by atoms with Gasteiger partial charge in [-0.2, -0.15) is 5.10 Å². The molecular weight excluding hydrogens is 340 g/mol. The molecule has 0 radical (unpaired) electrons. The number of rotatable bonds is 4. The first-order valence-electron chi connectivity index (χ1n) is 8.43. The van der Waals surface area contributed by atoms with E-state index >= 15 is 0 Å². The summed E-state index contributed by atoms with van der Waals surface area (Å²) in [5.74, 6) is -2.31. The smallest absolute Gasteiger partial charge is 0.260 e. The first-order valence-corrected chi connectivity index (χ1v) is 8.43. The highest BCUT2D eigenvalue weighted by Gasteiger charge is 2.36. The number of aromatic nitrogens is 5. The van der Waals surface area contributed by atoms with Gasteiger partial charge in [0.15, 0.2) is 5.82 Å². The van der Waals surface area contributed by atoms with E-state index in [0.717, 1.165) is 5.56 Å². The van der Waals surface area contributed by atoms with Gasteiger partial charge in [0.2, 0.25) is 0 Å². The molecule has 1 atom stereocenters. The summed E-state index contributed by atoms with van der Waals surface area (Å²) in [6.45, 7) is 0.679. The predicted molar refractivity (Wildman–Crippen MR) is 93.9 cm³/mol. The number of hydrogen-bond acceptors (Lipinski definition) is 6. The van der Waals surface area contributed by atoms with Crippen LogP contribution in [0, 0.1) is 5.92 Å². The number of hydrogen-bond donors (Lipinski definition) is 2. The molecule has 26 heavy (non-hydrogen) atoms. The molecule has 136 valence electrons. The zero-order valence-corrected chi connectivity index (χ0v) is 14.3. The highest BCUT2D eigenvalue weighted by atomic mass is 19.3. The van der Waals surface area contributed by atoms with Gasteiger partial charge >= 0.3 is 0 Å². The summed E-state index contributed by atoms with van der Waals surface area (Å²) >= 11 is 0. The Labute approximate surface area is 148 Å². The molecule has 1 aliphatic rings. The number of piperidine rings is 1. The molecule has 3 aromatic heterocycles. The normalized spacial score (nSPS) is 19.6.